The Morgan fingerprint density at radius 1 is 0.743 bits per heavy atom. The minimum atomic E-state index is -1.78. The molecule has 2 saturated heterocycles. The molecule has 27 heteroatoms. The molecule has 7 heterocycles. The number of benzene rings is 2. The van der Waals surface area contributed by atoms with Crippen LogP contribution in [0.25, 0.3) is 20.4 Å². The van der Waals surface area contributed by atoms with Crippen LogP contribution in [-0.4, -0.2) is 124 Å². The van der Waals surface area contributed by atoms with Crippen molar-refractivity contribution < 1.29 is 47.6 Å². The number of aliphatic hydroxyl groups excluding tert-OH is 4. The van der Waals surface area contributed by atoms with Crippen LogP contribution in [-0.2, 0) is 24.2 Å². The molecule has 2 atom stereocenters. The molecule has 16 nitrogen and oxygen atoms in total. The number of urea groups is 1. The van der Waals surface area contributed by atoms with E-state index in [0.717, 1.165) is 11.3 Å². The van der Waals surface area contributed by atoms with E-state index in [0.29, 0.717) is 67.8 Å². The van der Waals surface area contributed by atoms with Gasteiger partial charge >= 0.3 is 12.1 Å². The highest BCUT2D eigenvalue weighted by Gasteiger charge is 2.41. The molecule has 2 fully saturated rings. The van der Waals surface area contributed by atoms with Gasteiger partial charge in [-0.2, -0.15) is 0 Å². The first-order valence-corrected chi connectivity index (χ1v) is 25.5. The summed E-state index contributed by atoms with van der Waals surface area (Å²) in [4.78, 5) is 46.4. The number of rotatable bonds is 10. The van der Waals surface area contributed by atoms with Crippen molar-refractivity contribution >= 4 is 124 Å². The number of carbonyl (C=O) groups excluding carboxylic acids is 2. The average molecular weight is 1170 g/mol. The van der Waals surface area contributed by atoms with Gasteiger partial charge in [-0.25, -0.2) is 42.1 Å². The molecule has 2 aliphatic rings. The van der Waals surface area contributed by atoms with E-state index in [9.17, 15) is 33.0 Å². The van der Waals surface area contributed by atoms with Crippen molar-refractivity contribution in [1.29, 1.82) is 0 Å². The van der Waals surface area contributed by atoms with Crippen molar-refractivity contribution in [3.05, 3.63) is 124 Å². The van der Waals surface area contributed by atoms with Gasteiger partial charge in [0.2, 0.25) is 0 Å². The Labute approximate surface area is 457 Å². The Hall–Kier alpha value is -4.56. The third kappa shape index (κ3) is 17.0. The summed E-state index contributed by atoms with van der Waals surface area (Å²) in [5, 5.41) is 46.5. The number of carbonyl (C=O) groups is 2. The minimum Gasteiger partial charge on any atom is -0.394 e. The molecule has 7 aromatic rings. The highest BCUT2D eigenvalue weighted by molar-refractivity contribution is 7.22. The number of imidazole rings is 1. The number of nitrogens with one attached hydrogen (secondary N) is 3. The van der Waals surface area contributed by atoms with Gasteiger partial charge in [0.1, 0.15) is 18.0 Å². The molecule has 0 unspecified atom stereocenters. The smallest absolute Gasteiger partial charge is 0.333 e. The summed E-state index contributed by atoms with van der Waals surface area (Å²) >= 11 is 24.3. The molecular formula is C47H53Cl5F4N10O6S2. The van der Waals surface area contributed by atoms with E-state index in [4.69, 9.17) is 56.6 Å². The van der Waals surface area contributed by atoms with Crippen molar-refractivity contribution in [3.8, 4) is 0 Å². The van der Waals surface area contributed by atoms with Crippen LogP contribution in [0.3, 0.4) is 0 Å². The molecule has 5 aromatic heterocycles. The number of hydrogen-bond donors (Lipinski definition) is 7. The Morgan fingerprint density at radius 2 is 1.19 bits per heavy atom. The molecule has 3 amide bonds. The Kier molecular flexibility index (Phi) is 24.4. The van der Waals surface area contributed by atoms with Gasteiger partial charge in [0.25, 0.3) is 0 Å². The molecule has 2 aliphatic heterocycles. The fraction of sp³-hybridized carbons (Fsp3) is 0.383. The van der Waals surface area contributed by atoms with Crippen molar-refractivity contribution in [1.82, 2.24) is 39.7 Å². The standard InChI is InChI=1S/C21H21ClF2N4O3S.C13H18ClFN2O2.C11H7FN4OS.CH2Cl2.CH4.ClH/c22-15-8-12(7-14(30)11-29)10-25-18(15)21(24)3-5-28(6-4-21)20(31)27-19-26-16-2-1-13(23)9-17(16)32-19;14-11-6-9(5-10(19)8-18)7-17-12(11)13(15)1-3-16-4-2-13;12-7-1-2-8-9(5-7)18-10(14-8)15-11(17)16-4-3-13-6-16;2-1-3;;/h1-2,8-10,14,29-30H,3-7,11H2,(H,26,27,31);6-7,10,16,18-19H,1-5,8H2;1-6H,(H,14,15,17);1H2;1H4;1H/t14-;10-;;;;/m11..../s1. The van der Waals surface area contributed by atoms with Gasteiger partial charge in [-0.1, -0.05) is 53.3 Å². The van der Waals surface area contributed by atoms with Gasteiger partial charge < -0.3 is 30.6 Å². The summed E-state index contributed by atoms with van der Waals surface area (Å²) in [7, 11) is 0. The van der Waals surface area contributed by atoms with Gasteiger partial charge in [-0.3, -0.25) is 25.2 Å². The summed E-state index contributed by atoms with van der Waals surface area (Å²) in [5.41, 5.74) is -0.353. The number of pyridine rings is 2. The zero-order valence-electron chi connectivity index (χ0n) is 38.3. The number of fused-ring (bicyclic) bond motifs is 2. The first-order chi connectivity index (χ1) is 34.5. The highest BCUT2D eigenvalue weighted by Crippen LogP contribution is 2.40. The molecule has 2 aromatic carbocycles. The topological polar surface area (TPSA) is 224 Å². The monoisotopic (exact) mass is 1170 g/mol. The third-order valence-corrected chi connectivity index (χ3v) is 13.6. The van der Waals surface area contributed by atoms with Gasteiger partial charge in [-0.15, -0.1) is 35.6 Å². The predicted molar refractivity (Wildman–Crippen MR) is 286 cm³/mol. The second-order valence-corrected chi connectivity index (χ2v) is 20.0. The van der Waals surface area contributed by atoms with Crippen LogP contribution < -0.4 is 16.0 Å². The van der Waals surface area contributed by atoms with Crippen LogP contribution in [0.5, 0.6) is 0 Å². The maximum Gasteiger partial charge on any atom is 0.333 e. The lowest BCUT2D eigenvalue weighted by Gasteiger charge is -2.36. The van der Waals surface area contributed by atoms with Crippen molar-refractivity contribution in [2.45, 2.75) is 69.5 Å². The van der Waals surface area contributed by atoms with Crippen molar-refractivity contribution in [2.75, 3.05) is 55.4 Å². The second-order valence-electron chi connectivity index (χ2n) is 16.3. The molecule has 9 rings (SSSR count). The molecule has 402 valence electrons. The molecular weight excluding hydrogens is 1120 g/mol. The Morgan fingerprint density at radius 3 is 1.61 bits per heavy atom. The number of likely N-dealkylation sites (tertiary alicyclic amines) is 1. The zero-order chi connectivity index (χ0) is 52.0. The van der Waals surface area contributed by atoms with E-state index in [-0.39, 0.29) is 110 Å². The molecule has 0 aliphatic carbocycles. The van der Waals surface area contributed by atoms with E-state index >= 15 is 4.39 Å². The van der Waals surface area contributed by atoms with Gasteiger partial charge in [0.15, 0.2) is 21.6 Å². The van der Waals surface area contributed by atoms with E-state index < -0.39 is 36.2 Å². The first kappa shape index (κ1) is 62.0. The number of amides is 3. The Balaban J connectivity index is 0.000000244. The van der Waals surface area contributed by atoms with Gasteiger partial charge in [0.05, 0.1) is 72.6 Å². The van der Waals surface area contributed by atoms with Crippen LogP contribution in [0.2, 0.25) is 10.0 Å². The lowest BCUT2D eigenvalue weighted by molar-refractivity contribution is 0.0683. The number of hydrogen-bond acceptors (Lipinski definition) is 14. The summed E-state index contributed by atoms with van der Waals surface area (Å²) < 4.78 is 59.3. The molecule has 0 saturated carbocycles. The predicted octanol–water partition coefficient (Wildman–Crippen LogP) is 10.2. The maximum atomic E-state index is 15.6. The summed E-state index contributed by atoms with van der Waals surface area (Å²) in [6.45, 7) is 0.824. The fourth-order valence-electron chi connectivity index (χ4n) is 7.48. The van der Waals surface area contributed by atoms with Gasteiger partial charge in [0, 0.05) is 63.6 Å². The van der Waals surface area contributed by atoms with Crippen LogP contribution in [0, 0.1) is 11.6 Å². The summed E-state index contributed by atoms with van der Waals surface area (Å²) in [6, 6.07) is 10.9. The average Bonchev–Trinajstić information content (AvgIpc) is 4.13. The number of anilines is 2. The molecule has 7 N–H and O–H groups in total. The normalized spacial score (nSPS) is 15.3. The largest absolute Gasteiger partial charge is 0.394 e. The summed E-state index contributed by atoms with van der Waals surface area (Å²) in [6.07, 6.45) is 6.79. The number of aliphatic hydroxyl groups is 4. The number of halogens is 9. The molecule has 74 heavy (non-hydrogen) atoms. The highest BCUT2D eigenvalue weighted by atomic mass is 35.5. The third-order valence-electron chi connectivity index (χ3n) is 11.1. The van der Waals surface area contributed by atoms with E-state index in [1.54, 1.807) is 24.3 Å². The van der Waals surface area contributed by atoms with Gasteiger partial charge in [-0.05, 0) is 85.6 Å². The summed E-state index contributed by atoms with van der Waals surface area (Å²) in [5.74, 6) is -0.696. The number of nitrogens with zero attached hydrogens (tertiary/aromatic N) is 7. The number of thiazole rings is 2. The number of aromatic nitrogens is 6. The van der Waals surface area contributed by atoms with E-state index in [2.05, 4.69) is 40.9 Å². The van der Waals surface area contributed by atoms with Crippen LogP contribution in [0.15, 0.2) is 79.6 Å². The van der Waals surface area contributed by atoms with E-state index in [1.807, 2.05) is 0 Å². The van der Waals surface area contributed by atoms with Crippen LogP contribution in [0.4, 0.5) is 37.4 Å². The molecule has 0 spiro atoms. The Bertz CT molecular complexity index is 2900. The number of alkyl halides is 4. The minimum absolute atomic E-state index is 0. The lowest BCUT2D eigenvalue weighted by Crippen LogP contribution is -2.45. The second kappa shape index (κ2) is 29.1. The zero-order valence-corrected chi connectivity index (χ0v) is 43.8. The van der Waals surface area contributed by atoms with Crippen molar-refractivity contribution in [2.24, 2.45) is 0 Å². The van der Waals surface area contributed by atoms with Crippen molar-refractivity contribution in [3.63, 3.8) is 0 Å². The molecule has 0 bridgehead atoms. The lowest BCUT2D eigenvalue weighted by atomic mass is 9.89. The van der Waals surface area contributed by atoms with Crippen LogP contribution in [0.1, 0.15) is 55.6 Å². The number of piperidine rings is 2. The SMILES string of the molecule is C.Cl.ClCCl.O=C(Nc1nc2ccc(F)cc2s1)N1CCC(F)(c2ncc(C[C@@H](O)CO)cc2Cl)CC1.O=C(Nc1nc2ccc(F)cc2s1)n1ccnc1.OC[C@H](O)Cc1cnc(C2(F)CCNCC2)c(Cl)c1. The maximum absolute atomic E-state index is 15.6. The first-order valence-electron chi connectivity index (χ1n) is 22.0. The fourth-order valence-corrected chi connectivity index (χ4v) is 9.96. The van der Waals surface area contributed by atoms with E-state index in [1.165, 1.54) is 76.2 Å². The quantitative estimate of drug-likeness (QED) is 0.0502. The molecule has 0 radical (unpaired) electrons. The van der Waals surface area contributed by atoms with Crippen LogP contribution >= 0.6 is 81.5 Å².